The minimum atomic E-state index is -0.388. The number of hydrazine groups is 1. The Morgan fingerprint density at radius 2 is 2.32 bits per heavy atom. The largest absolute Gasteiger partial charge is 0.480 e. The highest BCUT2D eigenvalue weighted by Crippen LogP contribution is 2.17. The maximum Gasteiger partial charge on any atom is 0.275 e. The quantitative estimate of drug-likeness (QED) is 0.465. The van der Waals surface area contributed by atoms with Crippen LogP contribution in [0.2, 0.25) is 0 Å². The van der Waals surface area contributed by atoms with Crippen molar-refractivity contribution in [3.8, 4) is 5.88 Å². The first-order valence-corrected chi connectivity index (χ1v) is 6.23. The number of rotatable bonds is 4. The molecule has 0 aliphatic carbocycles. The molecule has 0 aliphatic heterocycles. The van der Waals surface area contributed by atoms with E-state index < -0.39 is 0 Å². The van der Waals surface area contributed by atoms with Crippen LogP contribution >= 0.6 is 11.3 Å². The van der Waals surface area contributed by atoms with Crippen molar-refractivity contribution in [3.63, 3.8) is 0 Å². The Morgan fingerprint density at radius 1 is 1.53 bits per heavy atom. The van der Waals surface area contributed by atoms with E-state index in [1.54, 1.807) is 11.4 Å². The predicted molar refractivity (Wildman–Crippen MR) is 70.1 cm³/mol. The lowest BCUT2D eigenvalue weighted by molar-refractivity contribution is 0.0956. The molecule has 0 fully saturated rings. The minimum absolute atomic E-state index is 0.183. The summed E-state index contributed by atoms with van der Waals surface area (Å²) in [6.07, 6.45) is 0. The Balaban J connectivity index is 2.34. The summed E-state index contributed by atoms with van der Waals surface area (Å²) >= 11 is 1.25. The molecule has 2 rings (SSSR count). The third-order valence-electron chi connectivity index (χ3n) is 2.46. The van der Waals surface area contributed by atoms with E-state index in [1.807, 2.05) is 0 Å². The van der Waals surface area contributed by atoms with Gasteiger partial charge in [-0.1, -0.05) is 0 Å². The molecule has 0 atom stereocenters. The first kappa shape index (κ1) is 13.2. The number of carbonyl (C=O) groups excluding carboxylic acids is 1. The van der Waals surface area contributed by atoms with Gasteiger partial charge in [-0.05, 0) is 17.0 Å². The van der Waals surface area contributed by atoms with Gasteiger partial charge in [0.1, 0.15) is 0 Å². The van der Waals surface area contributed by atoms with Crippen LogP contribution in [0.25, 0.3) is 0 Å². The molecule has 0 radical (unpaired) electrons. The number of thiophene rings is 1. The van der Waals surface area contributed by atoms with E-state index in [4.69, 9.17) is 10.6 Å². The Morgan fingerprint density at radius 3 is 3.00 bits per heavy atom. The standard InChI is InChI=1S/C11H12N4O3S/c1-18-8-2-3-9(16)15(14-8)6-7-4-5-19-10(7)11(17)13-12/h2-5H,6,12H2,1H3,(H,13,17). The third-order valence-corrected chi connectivity index (χ3v) is 3.41. The lowest BCUT2D eigenvalue weighted by Gasteiger charge is -2.06. The molecule has 8 heteroatoms. The molecule has 2 aromatic rings. The minimum Gasteiger partial charge on any atom is -0.480 e. The third kappa shape index (κ3) is 2.80. The average molecular weight is 280 g/mol. The Labute approximate surface area is 112 Å². The van der Waals surface area contributed by atoms with Gasteiger partial charge in [-0.25, -0.2) is 10.5 Å². The molecule has 1 amide bonds. The highest BCUT2D eigenvalue weighted by Gasteiger charge is 2.13. The Hall–Kier alpha value is -2.19. The second kappa shape index (κ2) is 5.63. The van der Waals surface area contributed by atoms with Crippen LogP contribution < -0.4 is 21.6 Å². The van der Waals surface area contributed by atoms with Crippen LogP contribution in [-0.2, 0) is 6.54 Å². The molecule has 2 aromatic heterocycles. The van der Waals surface area contributed by atoms with Gasteiger partial charge in [0, 0.05) is 12.1 Å². The van der Waals surface area contributed by atoms with Crippen LogP contribution in [-0.4, -0.2) is 22.8 Å². The van der Waals surface area contributed by atoms with Gasteiger partial charge in [0.25, 0.3) is 11.5 Å². The number of amides is 1. The molecule has 19 heavy (non-hydrogen) atoms. The number of hydrogen-bond donors (Lipinski definition) is 2. The van der Waals surface area contributed by atoms with Crippen LogP contribution in [0.4, 0.5) is 0 Å². The second-order valence-corrected chi connectivity index (χ2v) is 4.54. The lowest BCUT2D eigenvalue weighted by atomic mass is 10.2. The highest BCUT2D eigenvalue weighted by atomic mass is 32.1. The van der Waals surface area contributed by atoms with Gasteiger partial charge >= 0.3 is 0 Å². The second-order valence-electron chi connectivity index (χ2n) is 3.62. The summed E-state index contributed by atoms with van der Waals surface area (Å²) in [5.41, 5.74) is 2.47. The van der Waals surface area contributed by atoms with E-state index in [9.17, 15) is 9.59 Å². The van der Waals surface area contributed by atoms with Crippen LogP contribution in [0.1, 0.15) is 15.2 Å². The van der Waals surface area contributed by atoms with Gasteiger partial charge in [-0.3, -0.25) is 15.0 Å². The molecule has 0 unspecified atom stereocenters. The summed E-state index contributed by atoms with van der Waals surface area (Å²) in [5, 5.41) is 5.77. The number of ether oxygens (including phenoxy) is 1. The van der Waals surface area contributed by atoms with E-state index in [0.717, 1.165) is 0 Å². The van der Waals surface area contributed by atoms with Gasteiger partial charge in [0.15, 0.2) is 0 Å². The zero-order valence-corrected chi connectivity index (χ0v) is 10.9. The van der Waals surface area contributed by atoms with Crippen molar-refractivity contribution in [3.05, 3.63) is 44.4 Å². The number of nitrogen functional groups attached to an aromatic ring is 1. The molecule has 0 aliphatic rings. The van der Waals surface area contributed by atoms with Crippen molar-refractivity contribution in [2.24, 2.45) is 5.84 Å². The molecule has 0 bridgehead atoms. The van der Waals surface area contributed by atoms with Crippen LogP contribution in [0.5, 0.6) is 5.88 Å². The molecular formula is C11H12N4O3S. The highest BCUT2D eigenvalue weighted by molar-refractivity contribution is 7.12. The summed E-state index contributed by atoms with van der Waals surface area (Å²) in [5.74, 6) is 5.05. The smallest absolute Gasteiger partial charge is 0.275 e. The fourth-order valence-electron chi connectivity index (χ4n) is 1.54. The fraction of sp³-hybridized carbons (Fsp3) is 0.182. The number of hydrogen-bond acceptors (Lipinski definition) is 6. The van der Waals surface area contributed by atoms with Crippen molar-refractivity contribution >= 4 is 17.2 Å². The number of aromatic nitrogens is 2. The first-order chi connectivity index (χ1) is 9.15. The Kier molecular flexibility index (Phi) is 3.93. The lowest BCUT2D eigenvalue weighted by Crippen LogP contribution is -2.30. The van der Waals surface area contributed by atoms with Gasteiger partial charge < -0.3 is 4.74 Å². The van der Waals surface area contributed by atoms with Gasteiger partial charge in [-0.2, -0.15) is 0 Å². The van der Waals surface area contributed by atoms with Gasteiger partial charge in [0.2, 0.25) is 5.88 Å². The number of methoxy groups -OCH3 is 1. The number of nitrogens with one attached hydrogen (secondary N) is 1. The Bertz CT molecular complexity index is 649. The summed E-state index contributed by atoms with van der Waals surface area (Å²) in [6, 6.07) is 4.60. The first-order valence-electron chi connectivity index (χ1n) is 5.35. The van der Waals surface area contributed by atoms with Crippen molar-refractivity contribution in [1.82, 2.24) is 15.2 Å². The topological polar surface area (TPSA) is 99.2 Å². The normalized spacial score (nSPS) is 10.2. The van der Waals surface area contributed by atoms with Crippen molar-refractivity contribution in [2.75, 3.05) is 7.11 Å². The zero-order valence-electron chi connectivity index (χ0n) is 10.1. The molecule has 3 N–H and O–H groups in total. The van der Waals surface area contributed by atoms with E-state index in [2.05, 4.69) is 10.5 Å². The molecule has 0 spiro atoms. The van der Waals surface area contributed by atoms with Gasteiger partial charge in [-0.15, -0.1) is 16.4 Å². The number of carbonyl (C=O) groups is 1. The molecule has 7 nitrogen and oxygen atoms in total. The molecule has 0 saturated heterocycles. The zero-order chi connectivity index (χ0) is 13.8. The molecule has 100 valence electrons. The maximum absolute atomic E-state index is 11.7. The summed E-state index contributed by atoms with van der Waals surface area (Å²) in [6.45, 7) is 0.183. The van der Waals surface area contributed by atoms with Crippen LogP contribution in [0.3, 0.4) is 0 Å². The van der Waals surface area contributed by atoms with Crippen LogP contribution in [0, 0.1) is 0 Å². The number of nitrogens with two attached hydrogens (primary N) is 1. The fourth-order valence-corrected chi connectivity index (χ4v) is 2.36. The van der Waals surface area contributed by atoms with E-state index >= 15 is 0 Å². The molecular weight excluding hydrogens is 268 g/mol. The SMILES string of the molecule is COc1ccc(=O)n(Cc2ccsc2C(=O)NN)n1. The van der Waals surface area contributed by atoms with Crippen molar-refractivity contribution in [2.45, 2.75) is 6.54 Å². The summed E-state index contributed by atoms with van der Waals surface area (Å²) in [7, 11) is 1.47. The van der Waals surface area contributed by atoms with Crippen molar-refractivity contribution < 1.29 is 9.53 Å². The van der Waals surface area contributed by atoms with E-state index in [1.165, 1.54) is 35.3 Å². The average Bonchev–Trinajstić information content (AvgIpc) is 2.88. The molecule has 0 saturated carbocycles. The van der Waals surface area contributed by atoms with Crippen LogP contribution in [0.15, 0.2) is 28.4 Å². The van der Waals surface area contributed by atoms with Gasteiger partial charge in [0.05, 0.1) is 18.5 Å². The van der Waals surface area contributed by atoms with E-state index in [-0.39, 0.29) is 18.0 Å². The summed E-state index contributed by atoms with van der Waals surface area (Å²) in [4.78, 5) is 23.7. The number of nitrogens with zero attached hydrogens (tertiary/aromatic N) is 2. The maximum atomic E-state index is 11.7. The molecule has 2 heterocycles. The monoisotopic (exact) mass is 280 g/mol. The predicted octanol–water partition coefficient (Wildman–Crippen LogP) is -0.0348. The van der Waals surface area contributed by atoms with Crippen molar-refractivity contribution in [1.29, 1.82) is 0 Å². The molecule has 0 aromatic carbocycles. The summed E-state index contributed by atoms with van der Waals surface area (Å²) < 4.78 is 6.19. The van der Waals surface area contributed by atoms with E-state index in [0.29, 0.717) is 16.3 Å².